The van der Waals surface area contributed by atoms with Gasteiger partial charge in [0.15, 0.2) is 0 Å². The molecule has 0 amide bonds. The largest absolute Gasteiger partial charge is 0.245 e. The summed E-state index contributed by atoms with van der Waals surface area (Å²) >= 11 is 1.63. The third kappa shape index (κ3) is 1.37. The van der Waals surface area contributed by atoms with Gasteiger partial charge >= 0.3 is 0 Å². The Morgan fingerprint density at radius 1 is 1.80 bits per heavy atom. The van der Waals surface area contributed by atoms with Gasteiger partial charge in [-0.3, -0.25) is 0 Å². The molecule has 1 heterocycles. The second-order valence-electron chi connectivity index (χ2n) is 2.22. The Morgan fingerprint density at radius 2 is 2.50 bits per heavy atom. The van der Waals surface area contributed by atoms with E-state index in [0.29, 0.717) is 0 Å². The second kappa shape index (κ2) is 2.85. The van der Waals surface area contributed by atoms with E-state index in [4.69, 9.17) is 6.42 Å². The lowest BCUT2D eigenvalue weighted by Crippen LogP contribution is -1.86. The Morgan fingerprint density at radius 3 is 2.90 bits per heavy atom. The molecule has 1 aromatic heterocycles. The molecule has 10 heavy (non-hydrogen) atoms. The van der Waals surface area contributed by atoms with Crippen molar-refractivity contribution >= 4 is 11.3 Å². The third-order valence-corrected chi connectivity index (χ3v) is 2.40. The maximum absolute atomic E-state index is 5.23. The Labute approximate surface area is 65.1 Å². The number of nitrogens with zero attached hydrogens (tertiary/aromatic N) is 1. The summed E-state index contributed by atoms with van der Waals surface area (Å²) in [6.45, 7) is 3.96. The van der Waals surface area contributed by atoms with Gasteiger partial charge < -0.3 is 0 Å². The number of terminal acetylenes is 1. The van der Waals surface area contributed by atoms with Crippen LogP contribution in [0.4, 0.5) is 0 Å². The Balaban J connectivity index is 2.87. The molecule has 0 unspecified atom stereocenters. The fourth-order valence-electron chi connectivity index (χ4n) is 0.642. The molecular formula is C8H9NS. The molecule has 0 aliphatic heterocycles. The highest BCUT2D eigenvalue weighted by atomic mass is 32.1. The summed E-state index contributed by atoms with van der Waals surface area (Å²) in [5, 5.41) is 3.06. The zero-order chi connectivity index (χ0) is 7.56. The van der Waals surface area contributed by atoms with E-state index in [-0.39, 0.29) is 5.92 Å². The second-order valence-corrected chi connectivity index (χ2v) is 3.11. The molecular weight excluding hydrogens is 142 g/mol. The minimum Gasteiger partial charge on any atom is -0.245 e. The van der Waals surface area contributed by atoms with Gasteiger partial charge in [-0.15, -0.1) is 17.8 Å². The van der Waals surface area contributed by atoms with Crippen LogP contribution >= 0.6 is 11.3 Å². The number of rotatable bonds is 1. The molecule has 0 saturated carbocycles. The van der Waals surface area contributed by atoms with E-state index in [0.717, 1.165) is 10.7 Å². The fraction of sp³-hybridized carbons (Fsp3) is 0.375. The maximum atomic E-state index is 5.23. The molecule has 0 saturated heterocycles. The lowest BCUT2D eigenvalue weighted by molar-refractivity contribution is 0.967. The first-order valence-electron chi connectivity index (χ1n) is 3.12. The van der Waals surface area contributed by atoms with Crippen molar-refractivity contribution in [2.24, 2.45) is 0 Å². The highest BCUT2D eigenvalue weighted by Gasteiger charge is 2.04. The molecule has 52 valence electrons. The molecule has 0 spiro atoms. The van der Waals surface area contributed by atoms with Crippen molar-refractivity contribution in [1.82, 2.24) is 4.98 Å². The summed E-state index contributed by atoms with van der Waals surface area (Å²) in [6.07, 6.45) is 5.23. The summed E-state index contributed by atoms with van der Waals surface area (Å²) in [5.41, 5.74) is 1.06. The first kappa shape index (κ1) is 7.30. The number of hydrogen-bond donors (Lipinski definition) is 0. The van der Waals surface area contributed by atoms with Crippen LogP contribution in [0.5, 0.6) is 0 Å². The number of hydrogen-bond acceptors (Lipinski definition) is 2. The van der Waals surface area contributed by atoms with Crippen LogP contribution in [0.1, 0.15) is 23.5 Å². The van der Waals surface area contributed by atoms with Crippen molar-refractivity contribution in [2.45, 2.75) is 19.8 Å². The first-order valence-corrected chi connectivity index (χ1v) is 4.00. The highest BCUT2D eigenvalue weighted by Crippen LogP contribution is 2.18. The molecule has 1 rings (SSSR count). The predicted molar refractivity (Wildman–Crippen MR) is 44.1 cm³/mol. The van der Waals surface area contributed by atoms with E-state index in [2.05, 4.69) is 10.9 Å². The molecule has 0 fully saturated rings. The fourth-order valence-corrected chi connectivity index (χ4v) is 1.46. The average Bonchev–Trinajstić information content (AvgIpc) is 2.34. The average molecular weight is 151 g/mol. The lowest BCUT2D eigenvalue weighted by Gasteiger charge is -1.94. The standard InChI is InChI=1S/C8H9NS/c1-4-6(2)8-9-7(3)5-10-8/h1,5-6H,2-3H3/t6-/m1/s1. The van der Waals surface area contributed by atoms with Crippen molar-refractivity contribution in [3.8, 4) is 12.3 Å². The van der Waals surface area contributed by atoms with Crippen LogP contribution in [0.15, 0.2) is 5.38 Å². The summed E-state index contributed by atoms with van der Waals surface area (Å²) in [5.74, 6) is 2.81. The number of aromatic nitrogens is 1. The zero-order valence-electron chi connectivity index (χ0n) is 6.09. The van der Waals surface area contributed by atoms with Crippen LogP contribution in [0.25, 0.3) is 0 Å². The number of thiazole rings is 1. The molecule has 0 aromatic carbocycles. The molecule has 1 nitrogen and oxygen atoms in total. The topological polar surface area (TPSA) is 12.9 Å². The van der Waals surface area contributed by atoms with Crippen LogP contribution in [0.3, 0.4) is 0 Å². The first-order chi connectivity index (χ1) is 4.74. The van der Waals surface area contributed by atoms with Crippen LogP contribution in [-0.2, 0) is 0 Å². The third-order valence-electron chi connectivity index (χ3n) is 1.26. The van der Waals surface area contributed by atoms with Crippen LogP contribution in [0.2, 0.25) is 0 Å². The molecule has 1 atom stereocenters. The van der Waals surface area contributed by atoms with Gasteiger partial charge in [-0.05, 0) is 13.8 Å². The van der Waals surface area contributed by atoms with Crippen molar-refractivity contribution in [3.63, 3.8) is 0 Å². The van der Waals surface area contributed by atoms with Gasteiger partial charge in [-0.25, -0.2) is 4.98 Å². The predicted octanol–water partition coefficient (Wildman–Crippen LogP) is 2.19. The summed E-state index contributed by atoms with van der Waals surface area (Å²) < 4.78 is 0. The molecule has 2 heteroatoms. The molecule has 0 aliphatic carbocycles. The Kier molecular flexibility index (Phi) is 2.08. The van der Waals surface area contributed by atoms with Crippen molar-refractivity contribution in [3.05, 3.63) is 16.1 Å². The van der Waals surface area contributed by atoms with E-state index < -0.39 is 0 Å². The molecule has 0 N–H and O–H groups in total. The van der Waals surface area contributed by atoms with E-state index in [1.165, 1.54) is 0 Å². The number of aryl methyl sites for hydroxylation is 1. The van der Waals surface area contributed by atoms with Crippen LogP contribution in [-0.4, -0.2) is 4.98 Å². The van der Waals surface area contributed by atoms with Crippen LogP contribution < -0.4 is 0 Å². The summed E-state index contributed by atoms with van der Waals surface area (Å²) in [6, 6.07) is 0. The highest BCUT2D eigenvalue weighted by molar-refractivity contribution is 7.09. The normalized spacial score (nSPS) is 12.5. The van der Waals surface area contributed by atoms with E-state index in [9.17, 15) is 0 Å². The SMILES string of the molecule is C#C[C@@H](C)c1nc(C)cs1. The van der Waals surface area contributed by atoms with Crippen molar-refractivity contribution < 1.29 is 0 Å². The van der Waals surface area contributed by atoms with Gasteiger partial charge in [0.25, 0.3) is 0 Å². The molecule has 0 bridgehead atoms. The monoisotopic (exact) mass is 151 g/mol. The Bertz CT molecular complexity index is 256. The smallest absolute Gasteiger partial charge is 0.108 e. The Hall–Kier alpha value is -0.810. The van der Waals surface area contributed by atoms with Crippen molar-refractivity contribution in [1.29, 1.82) is 0 Å². The van der Waals surface area contributed by atoms with Gasteiger partial charge in [0.2, 0.25) is 0 Å². The van der Waals surface area contributed by atoms with Gasteiger partial charge in [0.1, 0.15) is 5.01 Å². The van der Waals surface area contributed by atoms with E-state index >= 15 is 0 Å². The molecule has 1 aromatic rings. The van der Waals surface area contributed by atoms with Crippen LogP contribution in [0, 0.1) is 19.3 Å². The quantitative estimate of drug-likeness (QED) is 0.561. The summed E-state index contributed by atoms with van der Waals surface area (Å²) in [4.78, 5) is 4.26. The van der Waals surface area contributed by atoms with E-state index in [1.807, 2.05) is 19.2 Å². The van der Waals surface area contributed by atoms with Gasteiger partial charge in [-0.2, -0.15) is 0 Å². The zero-order valence-corrected chi connectivity index (χ0v) is 6.90. The minimum absolute atomic E-state index is 0.165. The lowest BCUT2D eigenvalue weighted by atomic mass is 10.2. The van der Waals surface area contributed by atoms with Crippen molar-refractivity contribution in [2.75, 3.05) is 0 Å². The molecule has 0 radical (unpaired) electrons. The maximum Gasteiger partial charge on any atom is 0.108 e. The van der Waals surface area contributed by atoms with E-state index in [1.54, 1.807) is 11.3 Å². The minimum atomic E-state index is 0.165. The van der Waals surface area contributed by atoms with Gasteiger partial charge in [0, 0.05) is 11.1 Å². The molecule has 0 aliphatic rings. The van der Waals surface area contributed by atoms with Gasteiger partial charge in [-0.1, -0.05) is 5.92 Å². The summed E-state index contributed by atoms with van der Waals surface area (Å²) in [7, 11) is 0. The van der Waals surface area contributed by atoms with Gasteiger partial charge in [0.05, 0.1) is 5.92 Å².